The zero-order valence-corrected chi connectivity index (χ0v) is 14.7. The summed E-state index contributed by atoms with van der Waals surface area (Å²) < 4.78 is 11.3. The molecule has 2 aliphatic rings. The molecule has 0 N–H and O–H groups in total. The number of Topliss-reactive ketones (excluding diaryl/α,β-unsaturated/α-hetero) is 2. The van der Waals surface area contributed by atoms with Gasteiger partial charge in [-0.15, -0.1) is 0 Å². The van der Waals surface area contributed by atoms with Crippen molar-refractivity contribution >= 4 is 23.7 Å². The number of para-hydroxylation sites is 2. The molecule has 0 amide bonds. The van der Waals surface area contributed by atoms with E-state index in [1.165, 1.54) is 0 Å². The van der Waals surface area contributed by atoms with E-state index in [1.54, 1.807) is 36.4 Å². The van der Waals surface area contributed by atoms with Gasteiger partial charge in [-0.05, 0) is 47.5 Å². The van der Waals surface area contributed by atoms with Gasteiger partial charge in [-0.2, -0.15) is 0 Å². The molecule has 0 spiro atoms. The number of allylic oxidation sites excluding steroid dienone is 2. The Morgan fingerprint density at radius 2 is 0.929 bits per heavy atom. The number of rotatable bonds is 2. The lowest BCUT2D eigenvalue weighted by Crippen LogP contribution is -1.98. The van der Waals surface area contributed by atoms with E-state index in [0.29, 0.717) is 34.1 Å². The van der Waals surface area contributed by atoms with Crippen LogP contribution in [0.1, 0.15) is 31.8 Å². The third-order valence-corrected chi connectivity index (χ3v) is 4.68. The Bertz CT molecular complexity index is 1090. The zero-order valence-electron chi connectivity index (χ0n) is 14.7. The minimum Gasteiger partial charge on any atom is -0.452 e. The van der Waals surface area contributed by atoms with Gasteiger partial charge in [0.05, 0.1) is 11.1 Å². The topological polar surface area (TPSA) is 52.6 Å². The second kappa shape index (κ2) is 6.35. The fourth-order valence-electron chi connectivity index (χ4n) is 3.26. The van der Waals surface area contributed by atoms with Crippen LogP contribution in [-0.2, 0) is 0 Å². The second-order valence-electron chi connectivity index (χ2n) is 6.54. The van der Waals surface area contributed by atoms with Crippen molar-refractivity contribution in [2.75, 3.05) is 0 Å². The first-order chi connectivity index (χ1) is 13.7. The number of ketones is 2. The lowest BCUT2D eigenvalue weighted by molar-refractivity contribution is 0.101. The highest BCUT2D eigenvalue weighted by Gasteiger charge is 2.27. The first-order valence-electron chi connectivity index (χ1n) is 8.86. The van der Waals surface area contributed by atoms with Crippen LogP contribution in [0.25, 0.3) is 12.2 Å². The normalized spacial score (nSPS) is 17.4. The minimum absolute atomic E-state index is 0.121. The maximum atomic E-state index is 12.4. The molecule has 5 rings (SSSR count). The molecule has 0 bridgehead atoms. The number of carbonyl (C=O) groups excluding carboxylic acids is 2. The fraction of sp³-hybridized carbons (Fsp3) is 0. The van der Waals surface area contributed by atoms with E-state index < -0.39 is 0 Å². The molecular weight excluding hydrogens is 352 g/mol. The summed E-state index contributed by atoms with van der Waals surface area (Å²) in [7, 11) is 0. The molecule has 3 aromatic carbocycles. The van der Waals surface area contributed by atoms with Gasteiger partial charge in [-0.25, -0.2) is 0 Å². The van der Waals surface area contributed by atoms with Crippen LogP contribution < -0.4 is 9.47 Å². The first kappa shape index (κ1) is 16.3. The molecule has 0 fully saturated rings. The van der Waals surface area contributed by atoms with Crippen molar-refractivity contribution in [2.45, 2.75) is 0 Å². The summed E-state index contributed by atoms with van der Waals surface area (Å²) in [5.41, 5.74) is 2.82. The van der Waals surface area contributed by atoms with E-state index in [0.717, 1.165) is 11.1 Å². The van der Waals surface area contributed by atoms with Gasteiger partial charge >= 0.3 is 0 Å². The molecule has 0 saturated heterocycles. The third-order valence-electron chi connectivity index (χ3n) is 4.68. The van der Waals surface area contributed by atoms with Gasteiger partial charge in [0.25, 0.3) is 0 Å². The zero-order chi connectivity index (χ0) is 19.1. The molecule has 0 radical (unpaired) electrons. The molecule has 3 aromatic rings. The Morgan fingerprint density at radius 1 is 0.536 bits per heavy atom. The predicted molar refractivity (Wildman–Crippen MR) is 105 cm³/mol. The van der Waals surface area contributed by atoms with Crippen LogP contribution in [0.15, 0.2) is 84.3 Å². The predicted octanol–water partition coefficient (Wildman–Crippen LogP) is 4.92. The van der Waals surface area contributed by atoms with Crippen LogP contribution in [0.4, 0.5) is 0 Å². The molecule has 0 aromatic heterocycles. The van der Waals surface area contributed by atoms with Crippen LogP contribution in [0.2, 0.25) is 0 Å². The summed E-state index contributed by atoms with van der Waals surface area (Å²) in [5.74, 6) is 1.52. The number of carbonyl (C=O) groups is 2. The van der Waals surface area contributed by atoms with Crippen LogP contribution in [0.3, 0.4) is 0 Å². The highest BCUT2D eigenvalue weighted by Crippen LogP contribution is 2.32. The van der Waals surface area contributed by atoms with Crippen LogP contribution >= 0.6 is 0 Å². The molecule has 2 heterocycles. The maximum Gasteiger partial charge on any atom is 0.231 e. The second-order valence-corrected chi connectivity index (χ2v) is 6.54. The Kier molecular flexibility index (Phi) is 3.69. The lowest BCUT2D eigenvalue weighted by atomic mass is 10.1. The van der Waals surface area contributed by atoms with E-state index in [2.05, 4.69) is 0 Å². The van der Waals surface area contributed by atoms with Crippen molar-refractivity contribution in [2.24, 2.45) is 0 Å². The molecule has 0 aliphatic carbocycles. The van der Waals surface area contributed by atoms with Crippen LogP contribution in [0.5, 0.6) is 11.5 Å². The van der Waals surface area contributed by atoms with Gasteiger partial charge in [0.1, 0.15) is 11.5 Å². The molecule has 134 valence electrons. The fourth-order valence-corrected chi connectivity index (χ4v) is 3.26. The third kappa shape index (κ3) is 2.72. The van der Waals surface area contributed by atoms with Crippen molar-refractivity contribution < 1.29 is 19.1 Å². The summed E-state index contributed by atoms with van der Waals surface area (Å²) >= 11 is 0. The van der Waals surface area contributed by atoms with Crippen molar-refractivity contribution in [1.29, 1.82) is 0 Å². The molecule has 28 heavy (non-hydrogen) atoms. The van der Waals surface area contributed by atoms with E-state index in [1.807, 2.05) is 48.5 Å². The molecule has 0 unspecified atom stereocenters. The Labute approximate surface area is 161 Å². The van der Waals surface area contributed by atoms with E-state index in [9.17, 15) is 9.59 Å². The van der Waals surface area contributed by atoms with Gasteiger partial charge < -0.3 is 9.47 Å². The van der Waals surface area contributed by atoms with Crippen molar-refractivity contribution in [3.8, 4) is 11.5 Å². The molecular formula is C24H14O4. The maximum absolute atomic E-state index is 12.4. The average Bonchev–Trinajstić information content (AvgIpc) is 3.21. The molecule has 2 aliphatic heterocycles. The standard InChI is InChI=1S/C24H14O4/c25-23-17-5-1-3-7-19(17)27-21(23)13-15-9-11-16(12-10-15)14-22-24(26)18-6-2-4-8-20(18)28-22/h1-14H/b21-13-,22-14?. The lowest BCUT2D eigenvalue weighted by Gasteiger charge is -2.01. The van der Waals surface area contributed by atoms with Gasteiger partial charge in [-0.1, -0.05) is 48.5 Å². The van der Waals surface area contributed by atoms with Gasteiger partial charge in [0, 0.05) is 0 Å². The van der Waals surface area contributed by atoms with Crippen molar-refractivity contribution in [3.63, 3.8) is 0 Å². The summed E-state index contributed by atoms with van der Waals surface area (Å²) in [6.07, 6.45) is 3.43. The van der Waals surface area contributed by atoms with Crippen molar-refractivity contribution in [3.05, 3.63) is 107 Å². The van der Waals surface area contributed by atoms with Gasteiger partial charge in [0.2, 0.25) is 11.6 Å². The monoisotopic (exact) mass is 366 g/mol. The molecule has 0 atom stereocenters. The van der Waals surface area contributed by atoms with Crippen LogP contribution in [0, 0.1) is 0 Å². The SMILES string of the molecule is O=C1C(=Cc2ccc(/C=C3\Oc4ccccc4C3=O)cc2)Oc2ccccc21. The summed E-state index contributed by atoms with van der Waals surface area (Å²) in [5, 5.41) is 0. The van der Waals surface area contributed by atoms with E-state index in [-0.39, 0.29) is 11.6 Å². The number of ether oxygens (including phenoxy) is 2. The van der Waals surface area contributed by atoms with E-state index >= 15 is 0 Å². The summed E-state index contributed by atoms with van der Waals surface area (Å²) in [6, 6.07) is 21.8. The Balaban J connectivity index is 1.38. The highest BCUT2D eigenvalue weighted by molar-refractivity contribution is 6.15. The number of hydrogen-bond donors (Lipinski definition) is 0. The Morgan fingerprint density at radius 3 is 1.32 bits per heavy atom. The number of fused-ring (bicyclic) bond motifs is 2. The van der Waals surface area contributed by atoms with Crippen molar-refractivity contribution in [1.82, 2.24) is 0 Å². The molecule has 4 heteroatoms. The largest absolute Gasteiger partial charge is 0.452 e. The molecule has 4 nitrogen and oxygen atoms in total. The first-order valence-corrected chi connectivity index (χ1v) is 8.86. The van der Waals surface area contributed by atoms with Gasteiger partial charge in [0.15, 0.2) is 11.5 Å². The summed E-state index contributed by atoms with van der Waals surface area (Å²) in [4.78, 5) is 24.8. The van der Waals surface area contributed by atoms with Gasteiger partial charge in [-0.3, -0.25) is 9.59 Å². The average molecular weight is 366 g/mol. The minimum atomic E-state index is -0.121. The quantitative estimate of drug-likeness (QED) is 0.604. The van der Waals surface area contributed by atoms with Crippen LogP contribution in [-0.4, -0.2) is 11.6 Å². The Hall–Kier alpha value is -3.92. The highest BCUT2D eigenvalue weighted by atomic mass is 16.5. The molecule has 0 saturated carbocycles. The van der Waals surface area contributed by atoms with E-state index in [4.69, 9.17) is 9.47 Å². The smallest absolute Gasteiger partial charge is 0.231 e. The number of benzene rings is 3. The summed E-state index contributed by atoms with van der Waals surface area (Å²) in [6.45, 7) is 0. The number of hydrogen-bond acceptors (Lipinski definition) is 4.